The first-order valence-corrected chi connectivity index (χ1v) is 9.28. The summed E-state index contributed by atoms with van der Waals surface area (Å²) < 4.78 is 26.6. The number of sulfonamides is 1. The van der Waals surface area contributed by atoms with Crippen LogP contribution in [0, 0.1) is 0 Å². The van der Waals surface area contributed by atoms with Gasteiger partial charge in [0.25, 0.3) is 5.91 Å². The summed E-state index contributed by atoms with van der Waals surface area (Å²) in [6, 6.07) is 11.3. The zero-order chi connectivity index (χ0) is 18.3. The van der Waals surface area contributed by atoms with Crippen LogP contribution in [0.3, 0.4) is 0 Å². The molecule has 1 aromatic carbocycles. The van der Waals surface area contributed by atoms with Crippen LogP contribution in [0.25, 0.3) is 0 Å². The Morgan fingerprint density at radius 1 is 1.16 bits per heavy atom. The maximum absolute atomic E-state index is 12.0. The minimum absolute atomic E-state index is 0.190. The van der Waals surface area contributed by atoms with E-state index in [9.17, 15) is 13.2 Å². The Morgan fingerprint density at radius 2 is 1.88 bits per heavy atom. The summed E-state index contributed by atoms with van der Waals surface area (Å²) >= 11 is 0. The fraction of sp³-hybridized carbons (Fsp3) is 0.235. The SMILES string of the molecule is CCCNS(=O)(=O)c1ccc(/C(C)=N\NC(=O)c2ccccn2)cc1. The summed E-state index contributed by atoms with van der Waals surface area (Å²) in [7, 11) is -3.49. The highest BCUT2D eigenvalue weighted by Crippen LogP contribution is 2.11. The lowest BCUT2D eigenvalue weighted by Gasteiger charge is -2.07. The number of hydrazone groups is 1. The number of aromatic nitrogens is 1. The largest absolute Gasteiger partial charge is 0.289 e. The van der Waals surface area contributed by atoms with Crippen LogP contribution >= 0.6 is 0 Å². The fourth-order valence-corrected chi connectivity index (χ4v) is 3.08. The summed E-state index contributed by atoms with van der Waals surface area (Å²) in [4.78, 5) is 16.0. The lowest BCUT2D eigenvalue weighted by molar-refractivity contribution is 0.0950. The molecule has 2 rings (SSSR count). The normalized spacial score (nSPS) is 12.0. The maximum Gasteiger partial charge on any atom is 0.289 e. The van der Waals surface area contributed by atoms with Crippen molar-refractivity contribution in [1.82, 2.24) is 15.1 Å². The number of rotatable bonds is 7. The molecule has 0 saturated heterocycles. The van der Waals surface area contributed by atoms with Gasteiger partial charge in [0.2, 0.25) is 10.0 Å². The Morgan fingerprint density at radius 3 is 2.48 bits per heavy atom. The highest BCUT2D eigenvalue weighted by atomic mass is 32.2. The van der Waals surface area contributed by atoms with E-state index in [2.05, 4.69) is 20.2 Å². The molecule has 0 atom stereocenters. The molecule has 25 heavy (non-hydrogen) atoms. The molecule has 1 amide bonds. The molecular weight excluding hydrogens is 340 g/mol. The number of pyridine rings is 1. The monoisotopic (exact) mass is 360 g/mol. The molecule has 1 heterocycles. The van der Waals surface area contributed by atoms with Crippen molar-refractivity contribution < 1.29 is 13.2 Å². The van der Waals surface area contributed by atoms with Crippen molar-refractivity contribution in [2.45, 2.75) is 25.2 Å². The molecular formula is C17H20N4O3S. The van der Waals surface area contributed by atoms with Gasteiger partial charge in [-0.3, -0.25) is 9.78 Å². The average Bonchev–Trinajstić information content (AvgIpc) is 2.65. The smallest absolute Gasteiger partial charge is 0.266 e. The van der Waals surface area contributed by atoms with Gasteiger partial charge in [0, 0.05) is 12.7 Å². The van der Waals surface area contributed by atoms with Crippen molar-refractivity contribution in [3.8, 4) is 0 Å². The Balaban J connectivity index is 2.07. The summed E-state index contributed by atoms with van der Waals surface area (Å²) in [6.45, 7) is 4.01. The third-order valence-electron chi connectivity index (χ3n) is 3.35. The molecule has 2 aromatic rings. The van der Waals surface area contributed by atoms with E-state index in [-0.39, 0.29) is 10.6 Å². The molecule has 2 N–H and O–H groups in total. The van der Waals surface area contributed by atoms with E-state index in [0.717, 1.165) is 6.42 Å². The molecule has 0 unspecified atom stereocenters. The highest BCUT2D eigenvalue weighted by molar-refractivity contribution is 7.89. The van der Waals surface area contributed by atoms with Crippen LogP contribution in [0.5, 0.6) is 0 Å². The maximum atomic E-state index is 12.0. The Labute approximate surface area is 147 Å². The summed E-state index contributed by atoms with van der Waals surface area (Å²) in [5.41, 5.74) is 3.95. The third-order valence-corrected chi connectivity index (χ3v) is 4.82. The highest BCUT2D eigenvalue weighted by Gasteiger charge is 2.13. The number of nitrogens with zero attached hydrogens (tertiary/aromatic N) is 2. The number of amides is 1. The zero-order valence-electron chi connectivity index (χ0n) is 14.1. The van der Waals surface area contributed by atoms with Gasteiger partial charge in [-0.1, -0.05) is 25.1 Å². The van der Waals surface area contributed by atoms with Gasteiger partial charge in [-0.25, -0.2) is 18.6 Å². The summed E-state index contributed by atoms with van der Waals surface area (Å²) in [5.74, 6) is -0.414. The van der Waals surface area contributed by atoms with E-state index in [1.54, 1.807) is 37.3 Å². The fourth-order valence-electron chi connectivity index (χ4n) is 1.95. The standard InChI is InChI=1S/C17H20N4O3S/c1-3-11-19-25(23,24)15-9-7-14(8-10-15)13(2)20-21-17(22)16-6-4-5-12-18-16/h4-10,12,19H,3,11H2,1-2H3,(H,21,22)/b20-13-. The van der Waals surface area contributed by atoms with Crippen molar-refractivity contribution in [2.24, 2.45) is 5.10 Å². The van der Waals surface area contributed by atoms with Crippen molar-refractivity contribution in [2.75, 3.05) is 6.54 Å². The van der Waals surface area contributed by atoms with Gasteiger partial charge < -0.3 is 0 Å². The average molecular weight is 360 g/mol. The molecule has 0 aliphatic heterocycles. The lowest BCUT2D eigenvalue weighted by Crippen LogP contribution is -2.24. The second-order valence-corrected chi connectivity index (χ2v) is 7.04. The van der Waals surface area contributed by atoms with Crippen molar-refractivity contribution in [3.05, 3.63) is 59.9 Å². The Kier molecular flexibility index (Phi) is 6.37. The van der Waals surface area contributed by atoms with Crippen LogP contribution in [0.4, 0.5) is 0 Å². The number of hydrogen-bond acceptors (Lipinski definition) is 5. The molecule has 0 aliphatic rings. The first kappa shape index (κ1) is 18.8. The van der Waals surface area contributed by atoms with Crippen LogP contribution in [-0.4, -0.2) is 31.6 Å². The number of benzene rings is 1. The van der Waals surface area contributed by atoms with Crippen molar-refractivity contribution in [3.63, 3.8) is 0 Å². The molecule has 1 aromatic heterocycles. The molecule has 0 spiro atoms. The van der Waals surface area contributed by atoms with Crippen LogP contribution < -0.4 is 10.1 Å². The molecule has 7 nitrogen and oxygen atoms in total. The van der Waals surface area contributed by atoms with Gasteiger partial charge in [0.15, 0.2) is 0 Å². The zero-order valence-corrected chi connectivity index (χ0v) is 14.9. The number of carbonyl (C=O) groups is 1. The molecule has 8 heteroatoms. The van der Waals surface area contributed by atoms with Gasteiger partial charge in [-0.2, -0.15) is 5.10 Å². The van der Waals surface area contributed by atoms with Gasteiger partial charge >= 0.3 is 0 Å². The molecule has 132 valence electrons. The second-order valence-electron chi connectivity index (χ2n) is 5.28. The van der Waals surface area contributed by atoms with E-state index >= 15 is 0 Å². The van der Waals surface area contributed by atoms with Crippen molar-refractivity contribution in [1.29, 1.82) is 0 Å². The predicted octanol–water partition coefficient (Wildman–Crippen LogP) is 1.92. The first-order chi connectivity index (χ1) is 11.9. The van der Waals surface area contributed by atoms with E-state index in [1.165, 1.54) is 18.3 Å². The van der Waals surface area contributed by atoms with Gasteiger partial charge in [-0.05, 0) is 43.2 Å². The third kappa shape index (κ3) is 5.20. The van der Waals surface area contributed by atoms with Crippen molar-refractivity contribution >= 4 is 21.6 Å². The van der Waals surface area contributed by atoms with Crippen LogP contribution in [0.15, 0.2) is 58.7 Å². The molecule has 0 radical (unpaired) electrons. The van der Waals surface area contributed by atoms with E-state index in [4.69, 9.17) is 0 Å². The van der Waals surface area contributed by atoms with Crippen LogP contribution in [0.2, 0.25) is 0 Å². The predicted molar refractivity (Wildman–Crippen MR) is 95.8 cm³/mol. The quantitative estimate of drug-likeness (QED) is 0.582. The Hall–Kier alpha value is -2.58. The van der Waals surface area contributed by atoms with Gasteiger partial charge in [-0.15, -0.1) is 0 Å². The van der Waals surface area contributed by atoms with E-state index in [0.29, 0.717) is 17.8 Å². The minimum Gasteiger partial charge on any atom is -0.266 e. The molecule has 0 saturated carbocycles. The number of hydrogen-bond donors (Lipinski definition) is 2. The number of nitrogens with one attached hydrogen (secondary N) is 2. The molecule has 0 bridgehead atoms. The van der Waals surface area contributed by atoms with E-state index in [1.807, 2.05) is 6.92 Å². The molecule has 0 aliphatic carbocycles. The summed E-state index contributed by atoms with van der Waals surface area (Å²) in [5, 5.41) is 4.02. The lowest BCUT2D eigenvalue weighted by atomic mass is 10.1. The second kappa shape index (κ2) is 8.50. The van der Waals surface area contributed by atoms with E-state index < -0.39 is 15.9 Å². The number of carbonyl (C=O) groups excluding carboxylic acids is 1. The molecule has 0 fully saturated rings. The van der Waals surface area contributed by atoms with Crippen LogP contribution in [0.1, 0.15) is 36.3 Å². The Bertz CT molecular complexity index is 847. The minimum atomic E-state index is -3.49. The van der Waals surface area contributed by atoms with Gasteiger partial charge in [0.1, 0.15) is 5.69 Å². The summed E-state index contributed by atoms with van der Waals surface area (Å²) in [6.07, 6.45) is 2.25. The first-order valence-electron chi connectivity index (χ1n) is 7.80. The topological polar surface area (TPSA) is 101 Å². The van der Waals surface area contributed by atoms with Gasteiger partial charge in [0.05, 0.1) is 10.6 Å². The van der Waals surface area contributed by atoms with Crippen LogP contribution in [-0.2, 0) is 10.0 Å².